The molecule has 0 aliphatic carbocycles. The van der Waals surface area contributed by atoms with Gasteiger partial charge in [-0.1, -0.05) is 41.6 Å². The molecule has 0 saturated carbocycles. The van der Waals surface area contributed by atoms with Gasteiger partial charge < -0.3 is 19.5 Å². The van der Waals surface area contributed by atoms with Crippen molar-refractivity contribution in [1.29, 1.82) is 0 Å². The summed E-state index contributed by atoms with van der Waals surface area (Å²) >= 11 is 0. The Morgan fingerprint density at radius 3 is 2.74 bits per heavy atom. The van der Waals surface area contributed by atoms with Crippen molar-refractivity contribution in [3.05, 3.63) is 131 Å². The molecule has 7 rings (SSSR count). The third-order valence-corrected chi connectivity index (χ3v) is 8.52. The van der Waals surface area contributed by atoms with Crippen molar-refractivity contribution in [2.75, 3.05) is 25.6 Å². The number of rotatable bonds is 8. The van der Waals surface area contributed by atoms with Crippen LogP contribution in [0, 0.1) is 12.7 Å². The predicted molar refractivity (Wildman–Crippen MR) is 174 cm³/mol. The van der Waals surface area contributed by atoms with Crippen molar-refractivity contribution < 1.29 is 13.9 Å². The van der Waals surface area contributed by atoms with Crippen LogP contribution in [0.5, 0.6) is 6.01 Å². The maximum Gasteiger partial charge on any atom is 0.318 e. The Bertz CT molecular complexity index is 2060. The van der Waals surface area contributed by atoms with Crippen LogP contribution in [0.4, 0.5) is 15.9 Å². The first-order valence-electron chi connectivity index (χ1n) is 15.2. The van der Waals surface area contributed by atoms with E-state index in [2.05, 4.69) is 30.2 Å². The molecule has 1 aliphatic heterocycles. The molecular formula is C35H32FN9O2. The summed E-state index contributed by atoms with van der Waals surface area (Å²) in [5.41, 5.74) is 7.52. The molecule has 6 aromatic rings. The van der Waals surface area contributed by atoms with Crippen LogP contribution in [0.3, 0.4) is 0 Å². The normalized spacial score (nSPS) is 14.1. The number of carbonyl (C=O) groups excluding carboxylic acids is 1. The highest BCUT2D eigenvalue weighted by Crippen LogP contribution is 2.35. The largest absolute Gasteiger partial charge is 0.467 e. The van der Waals surface area contributed by atoms with Gasteiger partial charge in [0.15, 0.2) is 0 Å². The van der Waals surface area contributed by atoms with Gasteiger partial charge in [-0.3, -0.25) is 4.79 Å². The van der Waals surface area contributed by atoms with Gasteiger partial charge in [0.2, 0.25) is 0 Å². The lowest BCUT2D eigenvalue weighted by Crippen LogP contribution is -2.41. The molecule has 3 aromatic carbocycles. The Morgan fingerprint density at radius 1 is 1.09 bits per heavy atom. The third-order valence-electron chi connectivity index (χ3n) is 8.52. The van der Waals surface area contributed by atoms with Crippen molar-refractivity contribution in [3.63, 3.8) is 0 Å². The van der Waals surface area contributed by atoms with E-state index in [1.165, 1.54) is 19.2 Å². The molecule has 47 heavy (non-hydrogen) atoms. The molecule has 0 saturated heterocycles. The predicted octanol–water partition coefficient (Wildman–Crippen LogP) is 5.52. The van der Waals surface area contributed by atoms with Crippen LogP contribution in [0.25, 0.3) is 11.3 Å². The summed E-state index contributed by atoms with van der Waals surface area (Å²) in [6, 6.07) is 21.6. The van der Waals surface area contributed by atoms with E-state index >= 15 is 0 Å². The fourth-order valence-corrected chi connectivity index (χ4v) is 6.02. The highest BCUT2D eigenvalue weighted by atomic mass is 19.1. The molecule has 236 valence electrons. The second-order valence-corrected chi connectivity index (χ2v) is 11.4. The lowest BCUT2D eigenvalue weighted by molar-refractivity contribution is 0.0689. The number of aryl methyl sites for hydroxylation is 1. The SMILES string of the molecule is COc1nccc(N(C)c2ccc(C)c(-c3cn(Cc4ccccc4C(=O)N4CCc5[nH]cnc5C4c4ccc(F)cc4)nn3)c2)n1. The minimum Gasteiger partial charge on any atom is -0.467 e. The van der Waals surface area contributed by atoms with Crippen LogP contribution < -0.4 is 9.64 Å². The molecule has 0 fully saturated rings. The molecule has 4 heterocycles. The van der Waals surface area contributed by atoms with Gasteiger partial charge in [-0.05, 0) is 60.0 Å². The number of methoxy groups -OCH3 is 1. The fourth-order valence-electron chi connectivity index (χ4n) is 6.02. The number of anilines is 2. The van der Waals surface area contributed by atoms with E-state index in [1.54, 1.807) is 29.3 Å². The van der Waals surface area contributed by atoms with Crippen LogP contribution in [0.15, 0.2) is 91.5 Å². The zero-order chi connectivity index (χ0) is 32.5. The molecule has 1 amide bonds. The second-order valence-electron chi connectivity index (χ2n) is 11.4. The van der Waals surface area contributed by atoms with E-state index in [9.17, 15) is 9.18 Å². The van der Waals surface area contributed by atoms with Gasteiger partial charge >= 0.3 is 6.01 Å². The fraction of sp³-hybridized carbons (Fsp3) is 0.200. The Labute approximate surface area is 270 Å². The van der Waals surface area contributed by atoms with Crippen LogP contribution in [-0.4, -0.2) is 66.4 Å². The summed E-state index contributed by atoms with van der Waals surface area (Å²) in [5, 5.41) is 8.93. The zero-order valence-electron chi connectivity index (χ0n) is 26.1. The monoisotopic (exact) mass is 629 g/mol. The number of halogens is 1. The average molecular weight is 630 g/mol. The first-order chi connectivity index (χ1) is 22.9. The van der Waals surface area contributed by atoms with Crippen LogP contribution in [0.1, 0.15) is 44.5 Å². The molecule has 1 N–H and O–H groups in total. The van der Waals surface area contributed by atoms with Crippen LogP contribution in [-0.2, 0) is 13.0 Å². The van der Waals surface area contributed by atoms with E-state index in [1.807, 2.05) is 78.5 Å². The minimum absolute atomic E-state index is 0.128. The number of nitrogens with zero attached hydrogens (tertiary/aromatic N) is 8. The Balaban J connectivity index is 1.16. The summed E-state index contributed by atoms with van der Waals surface area (Å²) in [6.07, 6.45) is 5.84. The van der Waals surface area contributed by atoms with Gasteiger partial charge in [-0.25, -0.2) is 19.0 Å². The van der Waals surface area contributed by atoms with Crippen molar-refractivity contribution in [1.82, 2.24) is 39.8 Å². The number of aromatic nitrogens is 7. The van der Waals surface area contributed by atoms with Crippen LogP contribution >= 0.6 is 0 Å². The minimum atomic E-state index is -0.444. The molecular weight excluding hydrogens is 597 g/mol. The van der Waals surface area contributed by atoms with Crippen molar-refractivity contribution >= 4 is 17.4 Å². The van der Waals surface area contributed by atoms with Gasteiger partial charge in [-0.15, -0.1) is 5.10 Å². The van der Waals surface area contributed by atoms with E-state index in [4.69, 9.17) is 4.74 Å². The molecule has 1 aliphatic rings. The third kappa shape index (κ3) is 5.81. The molecule has 11 nitrogen and oxygen atoms in total. The van der Waals surface area contributed by atoms with Gasteiger partial charge in [0.1, 0.15) is 23.4 Å². The number of amides is 1. The highest BCUT2D eigenvalue weighted by Gasteiger charge is 2.35. The Kier molecular flexibility index (Phi) is 7.90. The first-order valence-corrected chi connectivity index (χ1v) is 15.2. The topological polar surface area (TPSA) is 118 Å². The quantitative estimate of drug-likeness (QED) is 0.234. The molecule has 12 heteroatoms. The van der Waals surface area contributed by atoms with E-state index < -0.39 is 6.04 Å². The number of carbonyl (C=O) groups is 1. The van der Waals surface area contributed by atoms with Crippen molar-refractivity contribution in [2.45, 2.75) is 25.9 Å². The standard InChI is InChI=1S/C35H32FN9O2/c1-22-8-13-26(43(2)31-14-16-37-35(40-31)47-3)18-28(22)30-20-44(42-41-30)19-24-6-4-5-7-27(24)34(46)45-17-15-29-32(39-21-38-29)33(45)23-9-11-25(36)12-10-23/h4-14,16,18,20-21,33H,15,17,19H2,1-3H3,(H,38,39). The number of benzene rings is 3. The molecule has 1 atom stereocenters. The van der Waals surface area contributed by atoms with Crippen LogP contribution in [0.2, 0.25) is 0 Å². The van der Waals surface area contributed by atoms with E-state index in [0.717, 1.165) is 39.3 Å². The average Bonchev–Trinajstić information content (AvgIpc) is 3.78. The molecule has 0 bridgehead atoms. The van der Waals surface area contributed by atoms with Gasteiger partial charge in [0, 0.05) is 48.7 Å². The summed E-state index contributed by atoms with van der Waals surface area (Å²) < 4.78 is 20.8. The Hall–Kier alpha value is -5.91. The number of H-pyrrole nitrogens is 1. The van der Waals surface area contributed by atoms with Gasteiger partial charge in [-0.2, -0.15) is 4.98 Å². The number of ether oxygens (including phenoxy) is 1. The Morgan fingerprint density at radius 2 is 1.91 bits per heavy atom. The number of hydrogen-bond donors (Lipinski definition) is 1. The lowest BCUT2D eigenvalue weighted by atomic mass is 9.94. The molecule has 0 spiro atoms. The zero-order valence-corrected chi connectivity index (χ0v) is 26.1. The number of hydrogen-bond acceptors (Lipinski definition) is 8. The summed E-state index contributed by atoms with van der Waals surface area (Å²) in [4.78, 5) is 34.3. The first kappa shape index (κ1) is 29.8. The van der Waals surface area contributed by atoms with Gasteiger partial charge in [0.05, 0.1) is 31.9 Å². The summed E-state index contributed by atoms with van der Waals surface area (Å²) in [6.45, 7) is 2.86. The summed E-state index contributed by atoms with van der Waals surface area (Å²) in [5.74, 6) is 0.231. The highest BCUT2D eigenvalue weighted by molar-refractivity contribution is 5.96. The smallest absolute Gasteiger partial charge is 0.318 e. The van der Waals surface area contributed by atoms with Crippen molar-refractivity contribution in [2.24, 2.45) is 0 Å². The summed E-state index contributed by atoms with van der Waals surface area (Å²) in [7, 11) is 3.46. The number of imidazole rings is 1. The molecule has 3 aromatic heterocycles. The number of aromatic amines is 1. The van der Waals surface area contributed by atoms with Crippen molar-refractivity contribution in [3.8, 4) is 17.3 Å². The second kappa shape index (κ2) is 12.5. The van der Waals surface area contributed by atoms with E-state index in [-0.39, 0.29) is 11.7 Å². The number of nitrogens with one attached hydrogen (secondary N) is 1. The van der Waals surface area contributed by atoms with E-state index in [0.29, 0.717) is 42.6 Å². The van der Waals surface area contributed by atoms with Gasteiger partial charge in [0.25, 0.3) is 5.91 Å². The number of fused-ring (bicyclic) bond motifs is 1. The maximum atomic E-state index is 14.3. The lowest BCUT2D eigenvalue weighted by Gasteiger charge is -2.35. The maximum absolute atomic E-state index is 14.3. The molecule has 0 radical (unpaired) electrons. The molecule has 1 unspecified atom stereocenters.